The van der Waals surface area contributed by atoms with Gasteiger partial charge < -0.3 is 25.1 Å². The molecule has 4 heterocycles. The van der Waals surface area contributed by atoms with E-state index in [2.05, 4.69) is 35.2 Å². The summed E-state index contributed by atoms with van der Waals surface area (Å²) in [6.07, 6.45) is 3.52. The smallest absolute Gasteiger partial charge is 0.303 e. The molecule has 3 aromatic rings. The highest BCUT2D eigenvalue weighted by Gasteiger charge is 2.25. The molecule has 0 spiro atoms. The Morgan fingerprint density at radius 3 is 2.48 bits per heavy atom. The zero-order valence-corrected chi connectivity index (χ0v) is 22.0. The number of amides is 1. The average molecular weight is 546 g/mol. The Morgan fingerprint density at radius 2 is 1.80 bits per heavy atom. The van der Waals surface area contributed by atoms with Gasteiger partial charge in [0, 0.05) is 44.8 Å². The van der Waals surface area contributed by atoms with Gasteiger partial charge in [0.05, 0.1) is 6.20 Å². The van der Waals surface area contributed by atoms with Crippen LogP contribution in [0.3, 0.4) is 0 Å². The first-order valence-corrected chi connectivity index (χ1v) is 13.3. The Hall–Kier alpha value is -4.57. The molecule has 0 aliphatic carbocycles. The number of aliphatic carboxylic acids is 1. The Bertz CT molecular complexity index is 1470. The summed E-state index contributed by atoms with van der Waals surface area (Å²) in [6.45, 7) is 11.3. The lowest BCUT2D eigenvalue weighted by Crippen LogP contribution is -2.49. The largest absolute Gasteiger partial charge is 0.481 e. The van der Waals surface area contributed by atoms with Crippen molar-refractivity contribution in [3.05, 3.63) is 57.8 Å². The second-order valence-corrected chi connectivity index (χ2v) is 10.2. The number of hydrogen-bond acceptors (Lipinski definition) is 9. The number of carboxylic acid groups (broad SMARTS) is 1. The number of rotatable bonds is 8. The van der Waals surface area contributed by atoms with Gasteiger partial charge in [-0.05, 0) is 49.5 Å². The van der Waals surface area contributed by atoms with Crippen LogP contribution in [0.2, 0.25) is 0 Å². The fraction of sp³-hybridized carbons (Fsp3) is 0.444. The highest BCUT2D eigenvalue weighted by Crippen LogP contribution is 2.26. The van der Waals surface area contributed by atoms with Crippen molar-refractivity contribution in [2.45, 2.75) is 25.8 Å². The van der Waals surface area contributed by atoms with Crippen LogP contribution in [0.25, 0.3) is 15.7 Å². The summed E-state index contributed by atoms with van der Waals surface area (Å²) >= 11 is 0. The molecule has 13 heteroatoms. The summed E-state index contributed by atoms with van der Waals surface area (Å²) in [5.74, 6) is 0.141. The van der Waals surface area contributed by atoms with E-state index >= 15 is 0 Å². The summed E-state index contributed by atoms with van der Waals surface area (Å²) in [5.41, 5.74) is 1.92. The molecule has 5 rings (SSSR count). The summed E-state index contributed by atoms with van der Waals surface area (Å²) in [5, 5.41) is 19.0. The first-order chi connectivity index (χ1) is 19.4. The molecule has 2 fully saturated rings. The number of carbonyl (C=O) groups excluding carboxylic acids is 1. The molecule has 0 bridgehead atoms. The predicted molar refractivity (Wildman–Crippen MR) is 148 cm³/mol. The monoisotopic (exact) mass is 545 g/mol. The van der Waals surface area contributed by atoms with E-state index in [0.717, 1.165) is 43.7 Å². The molecule has 40 heavy (non-hydrogen) atoms. The van der Waals surface area contributed by atoms with Gasteiger partial charge in [0.15, 0.2) is 0 Å². The number of benzene rings is 1. The maximum Gasteiger partial charge on any atom is 0.303 e. The van der Waals surface area contributed by atoms with Gasteiger partial charge in [-0.25, -0.2) is 16.7 Å². The molecule has 0 atom stereocenters. The number of anilines is 3. The Labute approximate surface area is 230 Å². The minimum absolute atomic E-state index is 0.154. The number of aromatic nitrogens is 4. The first kappa shape index (κ1) is 27.0. The Balaban J connectivity index is 1.28. The number of fused-ring (bicyclic) bond motifs is 1. The molecule has 208 valence electrons. The van der Waals surface area contributed by atoms with Crippen molar-refractivity contribution in [2.24, 2.45) is 5.92 Å². The topological polar surface area (TPSA) is 152 Å². The number of carboxylic acids is 1. The molecule has 1 aromatic carbocycles. The van der Waals surface area contributed by atoms with Crippen molar-refractivity contribution in [1.29, 1.82) is 0 Å². The number of H-pyrrole nitrogens is 1. The van der Waals surface area contributed by atoms with Gasteiger partial charge in [-0.3, -0.25) is 19.3 Å². The average Bonchev–Trinajstić information content (AvgIpc) is 2.95. The molecule has 0 radical (unpaired) electrons. The summed E-state index contributed by atoms with van der Waals surface area (Å²) in [4.78, 5) is 54.1. The molecule has 3 N–H and O–H groups in total. The number of nitrogens with zero attached hydrogens (tertiary/aromatic N) is 7. The van der Waals surface area contributed by atoms with Gasteiger partial charge >= 0.3 is 11.9 Å². The van der Waals surface area contributed by atoms with Gasteiger partial charge in [0.1, 0.15) is 16.7 Å². The van der Waals surface area contributed by atoms with Crippen LogP contribution in [-0.2, 0) is 16.1 Å². The third-order valence-electron chi connectivity index (χ3n) is 7.43. The van der Waals surface area contributed by atoms with E-state index in [1.54, 1.807) is 4.90 Å². The molecule has 2 aliphatic heterocycles. The Morgan fingerprint density at radius 1 is 1.07 bits per heavy atom. The fourth-order valence-electron chi connectivity index (χ4n) is 5.23. The summed E-state index contributed by atoms with van der Waals surface area (Å²) in [7, 11) is 0. The van der Waals surface area contributed by atoms with Crippen LogP contribution in [0.15, 0.2) is 35.3 Å². The minimum atomic E-state index is -0.727. The second-order valence-electron chi connectivity index (χ2n) is 10.2. The number of likely N-dealkylation sites (tertiary alicyclic amines) is 1. The number of nitrogens with one attached hydrogen (secondary N) is 2. The molecule has 0 saturated carbocycles. The van der Waals surface area contributed by atoms with Crippen LogP contribution >= 0.6 is 0 Å². The zero-order valence-electron chi connectivity index (χ0n) is 22.0. The van der Waals surface area contributed by atoms with Gasteiger partial charge in [-0.1, -0.05) is 12.1 Å². The Kier molecular flexibility index (Phi) is 8.16. The lowest BCUT2D eigenvalue weighted by Gasteiger charge is -2.34. The maximum atomic E-state index is 12.7. The molecular formula is C27H31N9O4. The van der Waals surface area contributed by atoms with E-state index in [9.17, 15) is 14.4 Å². The molecule has 2 saturated heterocycles. The molecule has 1 amide bonds. The van der Waals surface area contributed by atoms with Gasteiger partial charge in [-0.15, -0.1) is 0 Å². The SMILES string of the molecule is [C-]#[N+]CC(=O)N1CCN(c2nc(Nc3ccc(CN4CCC(CC(=O)O)CC4)cc3)c3c(=O)[nH]ncc3n2)CC1. The van der Waals surface area contributed by atoms with E-state index in [1.165, 1.54) is 6.20 Å². The predicted octanol–water partition coefficient (Wildman–Crippen LogP) is 1.71. The van der Waals surface area contributed by atoms with Gasteiger partial charge in [0.2, 0.25) is 5.95 Å². The van der Waals surface area contributed by atoms with E-state index in [4.69, 9.17) is 11.7 Å². The van der Waals surface area contributed by atoms with Crippen molar-refractivity contribution in [1.82, 2.24) is 30.0 Å². The second kappa shape index (κ2) is 12.1. The molecule has 0 unspecified atom stereocenters. The number of piperazine rings is 1. The normalized spacial score (nSPS) is 16.6. The molecule has 2 aromatic heterocycles. The zero-order chi connectivity index (χ0) is 28.1. The highest BCUT2D eigenvalue weighted by molar-refractivity contribution is 5.90. The van der Waals surface area contributed by atoms with Crippen molar-refractivity contribution in [3.8, 4) is 0 Å². The van der Waals surface area contributed by atoms with E-state index < -0.39 is 11.5 Å². The molecule has 2 aliphatic rings. The maximum absolute atomic E-state index is 12.7. The van der Waals surface area contributed by atoms with Crippen molar-refractivity contribution < 1.29 is 14.7 Å². The first-order valence-electron chi connectivity index (χ1n) is 13.3. The third kappa shape index (κ3) is 6.35. The molecule has 13 nitrogen and oxygen atoms in total. The van der Waals surface area contributed by atoms with E-state index in [-0.39, 0.29) is 24.8 Å². The van der Waals surface area contributed by atoms with Crippen LogP contribution in [0.5, 0.6) is 0 Å². The standard InChI is InChI=1S/C27H31N9O4/c1-28-16-22(37)35-10-12-36(13-11-35)27-31-21-15-29-33-26(40)24(21)25(32-27)30-20-4-2-19(3-5-20)17-34-8-6-18(7-9-34)14-23(38)39/h2-5,15,18H,6-14,16-17H2,(H,33,40)(H,38,39)(H,30,31,32). The van der Waals surface area contributed by atoms with Crippen LogP contribution in [0.1, 0.15) is 24.8 Å². The number of aromatic amines is 1. The van der Waals surface area contributed by atoms with E-state index in [1.807, 2.05) is 29.2 Å². The highest BCUT2D eigenvalue weighted by atomic mass is 16.4. The number of piperidine rings is 1. The quantitative estimate of drug-likeness (QED) is 0.357. The summed E-state index contributed by atoms with van der Waals surface area (Å²) < 4.78 is 0. The van der Waals surface area contributed by atoms with Crippen LogP contribution in [-0.4, -0.2) is 92.8 Å². The van der Waals surface area contributed by atoms with Gasteiger partial charge in [0.25, 0.3) is 12.1 Å². The van der Waals surface area contributed by atoms with Crippen molar-refractivity contribution >= 4 is 40.2 Å². The van der Waals surface area contributed by atoms with E-state index in [0.29, 0.717) is 48.8 Å². The lowest BCUT2D eigenvalue weighted by molar-refractivity contribution is -0.138. The van der Waals surface area contributed by atoms with Gasteiger partial charge in [-0.2, -0.15) is 10.1 Å². The van der Waals surface area contributed by atoms with Crippen LogP contribution in [0.4, 0.5) is 17.5 Å². The lowest BCUT2D eigenvalue weighted by atomic mass is 9.93. The van der Waals surface area contributed by atoms with Crippen LogP contribution in [0, 0.1) is 12.5 Å². The number of hydrogen-bond donors (Lipinski definition) is 3. The van der Waals surface area contributed by atoms with Crippen LogP contribution < -0.4 is 15.8 Å². The minimum Gasteiger partial charge on any atom is -0.481 e. The van der Waals surface area contributed by atoms with Crippen molar-refractivity contribution in [3.63, 3.8) is 0 Å². The summed E-state index contributed by atoms with van der Waals surface area (Å²) in [6, 6.07) is 7.94. The number of carbonyl (C=O) groups is 2. The third-order valence-corrected chi connectivity index (χ3v) is 7.43. The fourth-order valence-corrected chi connectivity index (χ4v) is 5.23. The van der Waals surface area contributed by atoms with Crippen molar-refractivity contribution in [2.75, 3.05) is 56.0 Å². The molecular weight excluding hydrogens is 514 g/mol.